The molecule has 1 aliphatic carbocycles. The fourth-order valence-corrected chi connectivity index (χ4v) is 4.57. The second kappa shape index (κ2) is 7.47. The summed E-state index contributed by atoms with van der Waals surface area (Å²) < 4.78 is 5.28. The number of aliphatic imine (C=N–C) groups is 1. The zero-order valence-electron chi connectivity index (χ0n) is 18.4. The smallest absolute Gasteiger partial charge is 0.213 e. The van der Waals surface area contributed by atoms with Crippen LogP contribution < -0.4 is 15.2 Å². The van der Waals surface area contributed by atoms with E-state index in [1.807, 2.05) is 44.2 Å². The molecule has 1 aromatic carbocycles. The van der Waals surface area contributed by atoms with Crippen molar-refractivity contribution < 1.29 is 4.74 Å². The summed E-state index contributed by atoms with van der Waals surface area (Å²) in [6.45, 7) is 4.68. The normalized spacial score (nSPS) is 23.7. The first-order valence-corrected chi connectivity index (χ1v) is 10.7. The lowest BCUT2D eigenvalue weighted by molar-refractivity contribution is 0.397. The first-order chi connectivity index (χ1) is 15.5. The van der Waals surface area contributed by atoms with Gasteiger partial charge in [-0.25, -0.2) is 15.4 Å². The van der Waals surface area contributed by atoms with Gasteiger partial charge < -0.3 is 4.74 Å². The minimum absolute atomic E-state index is 0.248. The number of hydrogen-bond acceptors (Lipinski definition) is 6. The molecule has 1 aromatic heterocycles. The zero-order chi connectivity index (χ0) is 22.3. The molecule has 2 aliphatic heterocycles. The van der Waals surface area contributed by atoms with E-state index in [0.29, 0.717) is 5.88 Å². The third-order valence-electron chi connectivity index (χ3n) is 6.47. The summed E-state index contributed by atoms with van der Waals surface area (Å²) in [6.07, 6.45) is 10.7. The Bertz CT molecular complexity index is 1220. The lowest BCUT2D eigenvalue weighted by Crippen LogP contribution is -2.52. The number of rotatable bonds is 4. The summed E-state index contributed by atoms with van der Waals surface area (Å²) in [5.74, 6) is 0.816. The number of pyridine rings is 1. The Labute approximate surface area is 188 Å². The predicted octanol–water partition coefficient (Wildman–Crippen LogP) is 4.08. The average molecular weight is 424 g/mol. The number of methoxy groups -OCH3 is 1. The van der Waals surface area contributed by atoms with E-state index in [1.54, 1.807) is 7.11 Å². The fraction of sp³-hybridized carbons (Fsp3) is 0.269. The van der Waals surface area contributed by atoms with Crippen LogP contribution in [0.25, 0.3) is 0 Å². The van der Waals surface area contributed by atoms with Crippen LogP contribution in [0.3, 0.4) is 0 Å². The van der Waals surface area contributed by atoms with Crippen LogP contribution in [0.1, 0.15) is 25.1 Å². The summed E-state index contributed by atoms with van der Waals surface area (Å²) in [6, 6.07) is 16.3. The van der Waals surface area contributed by atoms with Crippen LogP contribution in [0.5, 0.6) is 5.88 Å². The van der Waals surface area contributed by atoms with Gasteiger partial charge in [0.15, 0.2) is 0 Å². The number of hydrazine groups is 1. The van der Waals surface area contributed by atoms with Crippen LogP contribution >= 0.6 is 0 Å². The molecule has 0 saturated carbocycles. The van der Waals surface area contributed by atoms with Crippen molar-refractivity contribution in [3.63, 3.8) is 0 Å². The Balaban J connectivity index is 1.53. The number of ether oxygens (including phenoxy) is 1. The molecule has 6 nitrogen and oxygen atoms in total. The standard InChI is InChI=1S/C26H25N5O/c1-25(2,17-27)18-10-12-20(13-11-18)31-26-15-14-22(21-7-5-9-24(30-21)32-3)29-23(26)8-4-6-19(26)16-28-31/h4-15,19,28H,16H2,1-3H3. The van der Waals surface area contributed by atoms with Gasteiger partial charge in [0.25, 0.3) is 0 Å². The maximum Gasteiger partial charge on any atom is 0.213 e. The van der Waals surface area contributed by atoms with Crippen LogP contribution in [-0.2, 0) is 5.41 Å². The predicted molar refractivity (Wildman–Crippen MR) is 125 cm³/mol. The molecule has 5 rings (SSSR count). The Kier molecular flexibility index (Phi) is 4.72. The second-order valence-corrected chi connectivity index (χ2v) is 8.75. The van der Waals surface area contributed by atoms with Gasteiger partial charge in [0.1, 0.15) is 5.54 Å². The van der Waals surface area contributed by atoms with E-state index in [1.165, 1.54) is 0 Å². The van der Waals surface area contributed by atoms with Gasteiger partial charge in [-0.05, 0) is 55.8 Å². The molecule has 0 bridgehead atoms. The summed E-state index contributed by atoms with van der Waals surface area (Å²) in [5.41, 5.74) is 7.23. The first-order valence-electron chi connectivity index (χ1n) is 10.7. The highest BCUT2D eigenvalue weighted by Gasteiger charge is 2.51. The minimum Gasteiger partial charge on any atom is -0.481 e. The number of dihydropyridines is 1. The van der Waals surface area contributed by atoms with Crippen molar-refractivity contribution in [1.29, 1.82) is 5.26 Å². The molecular weight excluding hydrogens is 398 g/mol. The van der Waals surface area contributed by atoms with Gasteiger partial charge >= 0.3 is 0 Å². The van der Waals surface area contributed by atoms with Gasteiger partial charge in [-0.2, -0.15) is 5.26 Å². The van der Waals surface area contributed by atoms with Crippen molar-refractivity contribution in [3.8, 4) is 11.9 Å². The molecule has 32 heavy (non-hydrogen) atoms. The largest absolute Gasteiger partial charge is 0.481 e. The Morgan fingerprint density at radius 2 is 2.03 bits per heavy atom. The molecule has 6 heteroatoms. The summed E-state index contributed by atoms with van der Waals surface area (Å²) in [7, 11) is 1.61. The van der Waals surface area contributed by atoms with E-state index in [4.69, 9.17) is 9.73 Å². The van der Waals surface area contributed by atoms with E-state index in [0.717, 1.165) is 34.9 Å². The second-order valence-electron chi connectivity index (χ2n) is 8.75. The third-order valence-corrected chi connectivity index (χ3v) is 6.47. The van der Waals surface area contributed by atoms with Crippen LogP contribution in [0, 0.1) is 17.2 Å². The highest BCUT2D eigenvalue weighted by atomic mass is 16.5. The molecule has 1 fully saturated rings. The number of benzene rings is 1. The quantitative estimate of drug-likeness (QED) is 0.802. The highest BCUT2D eigenvalue weighted by Crippen LogP contribution is 2.45. The van der Waals surface area contributed by atoms with E-state index >= 15 is 0 Å². The van der Waals surface area contributed by atoms with Crippen molar-refractivity contribution >= 4 is 11.4 Å². The van der Waals surface area contributed by atoms with Crippen LogP contribution in [0.15, 0.2) is 83.5 Å². The average Bonchev–Trinajstić information content (AvgIpc) is 3.22. The minimum atomic E-state index is -0.524. The lowest BCUT2D eigenvalue weighted by atomic mass is 9.76. The third kappa shape index (κ3) is 3.05. The van der Waals surface area contributed by atoms with Gasteiger partial charge in [0, 0.05) is 18.5 Å². The number of aromatic nitrogens is 1. The molecule has 1 saturated heterocycles. The van der Waals surface area contributed by atoms with E-state index < -0.39 is 11.0 Å². The number of nitrogens with one attached hydrogen (secondary N) is 1. The molecule has 2 aromatic rings. The van der Waals surface area contributed by atoms with Gasteiger partial charge in [-0.1, -0.05) is 30.4 Å². The molecule has 3 aliphatic rings. The van der Waals surface area contributed by atoms with Gasteiger partial charge in [0.2, 0.25) is 5.88 Å². The fourth-order valence-electron chi connectivity index (χ4n) is 4.57. The van der Waals surface area contributed by atoms with Gasteiger partial charge in [0.05, 0.1) is 41.4 Å². The Hall–Kier alpha value is -3.69. The molecule has 160 valence electrons. The molecule has 0 amide bonds. The maximum atomic E-state index is 9.46. The number of nitrogens with zero attached hydrogens (tertiary/aromatic N) is 4. The van der Waals surface area contributed by atoms with Crippen LogP contribution in [0.4, 0.5) is 5.69 Å². The monoisotopic (exact) mass is 423 g/mol. The first kappa shape index (κ1) is 20.2. The van der Waals surface area contributed by atoms with Gasteiger partial charge in [-0.3, -0.25) is 5.01 Å². The molecule has 3 heterocycles. The topological polar surface area (TPSA) is 73.5 Å². The van der Waals surface area contributed by atoms with Crippen molar-refractivity contribution in [2.24, 2.45) is 10.9 Å². The van der Waals surface area contributed by atoms with E-state index in [-0.39, 0.29) is 5.92 Å². The lowest BCUT2D eigenvalue weighted by Gasteiger charge is -2.42. The molecule has 2 atom stereocenters. The number of hydrogen-bond donors (Lipinski definition) is 1. The molecule has 1 spiro atoms. The highest BCUT2D eigenvalue weighted by molar-refractivity contribution is 6.09. The number of nitriles is 1. The van der Waals surface area contributed by atoms with Crippen molar-refractivity contribution in [2.45, 2.75) is 24.8 Å². The Morgan fingerprint density at radius 1 is 1.22 bits per heavy atom. The van der Waals surface area contributed by atoms with Crippen LogP contribution in [0.2, 0.25) is 0 Å². The van der Waals surface area contributed by atoms with Gasteiger partial charge in [-0.15, -0.1) is 0 Å². The Morgan fingerprint density at radius 3 is 2.78 bits per heavy atom. The summed E-state index contributed by atoms with van der Waals surface area (Å²) >= 11 is 0. The molecule has 1 N–H and O–H groups in total. The van der Waals surface area contributed by atoms with E-state index in [2.05, 4.69) is 64.0 Å². The van der Waals surface area contributed by atoms with Crippen molar-refractivity contribution in [3.05, 3.63) is 89.8 Å². The molecular formula is C26H25N5O. The maximum absolute atomic E-state index is 9.46. The van der Waals surface area contributed by atoms with E-state index in [9.17, 15) is 5.26 Å². The zero-order valence-corrected chi connectivity index (χ0v) is 18.4. The summed E-state index contributed by atoms with van der Waals surface area (Å²) in [4.78, 5) is 9.57. The molecule has 0 radical (unpaired) electrons. The summed E-state index contributed by atoms with van der Waals surface area (Å²) in [5, 5.41) is 11.7. The van der Waals surface area contributed by atoms with Crippen LogP contribution in [-0.4, -0.2) is 29.9 Å². The van der Waals surface area contributed by atoms with Crippen molar-refractivity contribution in [1.82, 2.24) is 10.4 Å². The number of allylic oxidation sites excluding steroid dienone is 3. The molecule has 2 unspecified atom stereocenters. The SMILES string of the molecule is COc1cccc(C2=NC3=CC=CC4CNN(c5ccc(C(C)(C)C#N)cc5)C34C=C2)n1. The van der Waals surface area contributed by atoms with Crippen molar-refractivity contribution in [2.75, 3.05) is 18.7 Å². The number of anilines is 1.